The van der Waals surface area contributed by atoms with Gasteiger partial charge in [-0.3, -0.25) is 4.79 Å². The molecule has 1 saturated carbocycles. The van der Waals surface area contributed by atoms with Crippen molar-refractivity contribution in [2.75, 3.05) is 19.6 Å². The predicted molar refractivity (Wildman–Crippen MR) is 115 cm³/mol. The molecule has 1 amide bonds. The summed E-state index contributed by atoms with van der Waals surface area (Å²) in [5.41, 5.74) is 1.02. The van der Waals surface area contributed by atoms with Gasteiger partial charge in [0.1, 0.15) is 11.1 Å². The van der Waals surface area contributed by atoms with Crippen molar-refractivity contribution < 1.29 is 18.3 Å². The first-order valence-corrected chi connectivity index (χ1v) is 11.9. The largest absolute Gasteiger partial charge is 0.487 e. The van der Waals surface area contributed by atoms with E-state index in [0.717, 1.165) is 36.5 Å². The molecule has 5 nitrogen and oxygen atoms in total. The monoisotopic (exact) mass is 447 g/mol. The van der Waals surface area contributed by atoms with E-state index < -0.39 is 11.6 Å². The molecule has 3 heterocycles. The van der Waals surface area contributed by atoms with Crippen LogP contribution in [0.25, 0.3) is 10.6 Å². The Morgan fingerprint density at radius 1 is 1.13 bits per heavy atom. The lowest BCUT2D eigenvalue weighted by Crippen LogP contribution is -2.50. The van der Waals surface area contributed by atoms with E-state index in [2.05, 4.69) is 9.88 Å². The molecule has 1 aromatic heterocycles. The second-order valence-electron chi connectivity index (χ2n) is 8.78. The molecule has 8 heteroatoms. The third-order valence-corrected chi connectivity index (χ3v) is 7.84. The van der Waals surface area contributed by atoms with Gasteiger partial charge in [-0.1, -0.05) is 6.42 Å². The van der Waals surface area contributed by atoms with Crippen LogP contribution in [0.5, 0.6) is 5.75 Å². The number of aromatic nitrogens is 1. The van der Waals surface area contributed by atoms with Crippen LogP contribution in [0.3, 0.4) is 0 Å². The summed E-state index contributed by atoms with van der Waals surface area (Å²) in [4.78, 5) is 21.3. The van der Waals surface area contributed by atoms with Crippen LogP contribution in [0.2, 0.25) is 0 Å². The molecule has 31 heavy (non-hydrogen) atoms. The zero-order valence-electron chi connectivity index (χ0n) is 17.7. The number of carbonyl (C=O) groups is 1. The molecule has 0 spiro atoms. The molecule has 0 unspecified atom stereocenters. The maximum atomic E-state index is 14.9. The van der Waals surface area contributed by atoms with Gasteiger partial charge >= 0.3 is 0 Å². The second kappa shape index (κ2) is 8.47. The summed E-state index contributed by atoms with van der Waals surface area (Å²) >= 11 is 1.33. The van der Waals surface area contributed by atoms with Crippen molar-refractivity contribution in [3.63, 3.8) is 0 Å². The highest BCUT2D eigenvalue weighted by Crippen LogP contribution is 2.37. The Kier molecular flexibility index (Phi) is 5.69. The van der Waals surface area contributed by atoms with E-state index in [1.807, 2.05) is 0 Å². The molecule has 0 N–H and O–H groups in total. The zero-order valence-corrected chi connectivity index (χ0v) is 18.5. The highest BCUT2D eigenvalue weighted by atomic mass is 32.1. The standard InChI is InChI=1S/C23H27F2N3O2S/c1-14(29)28-10-7-18-20(13-28)31-23(26-18)17-5-6-19(22(25)21(17)24)30-16-11-15(12-16)27-8-3-2-4-9-27/h5-6,15-16H,2-4,7-13H2,1H3/t15-,16-. The molecule has 1 aromatic carbocycles. The van der Waals surface area contributed by atoms with Crippen molar-refractivity contribution in [3.05, 3.63) is 34.3 Å². The Balaban J connectivity index is 1.27. The molecule has 0 bridgehead atoms. The van der Waals surface area contributed by atoms with Gasteiger partial charge < -0.3 is 14.5 Å². The van der Waals surface area contributed by atoms with Gasteiger partial charge in [0.25, 0.3) is 0 Å². The van der Waals surface area contributed by atoms with E-state index in [4.69, 9.17) is 4.74 Å². The van der Waals surface area contributed by atoms with Crippen LogP contribution in [0.15, 0.2) is 12.1 Å². The molecule has 5 rings (SSSR count). The number of hydrogen-bond donors (Lipinski definition) is 0. The van der Waals surface area contributed by atoms with E-state index in [9.17, 15) is 13.6 Å². The molecule has 0 radical (unpaired) electrons. The van der Waals surface area contributed by atoms with Crippen LogP contribution < -0.4 is 4.74 Å². The van der Waals surface area contributed by atoms with Gasteiger partial charge in [0.15, 0.2) is 11.6 Å². The Morgan fingerprint density at radius 3 is 2.65 bits per heavy atom. The summed E-state index contributed by atoms with van der Waals surface area (Å²) in [5, 5.41) is 0.451. The minimum absolute atomic E-state index is 0.0119. The number of likely N-dealkylation sites (tertiary alicyclic amines) is 1. The SMILES string of the molecule is CC(=O)N1CCc2nc(-c3ccc(O[C@H]4C[C@H](N5CCCCC5)C4)c(F)c3F)sc2C1. The van der Waals surface area contributed by atoms with Crippen molar-refractivity contribution in [2.45, 2.75) is 64.1 Å². The average Bonchev–Trinajstić information content (AvgIpc) is 3.16. The minimum Gasteiger partial charge on any atom is -0.487 e. The van der Waals surface area contributed by atoms with Gasteiger partial charge in [-0.25, -0.2) is 9.37 Å². The van der Waals surface area contributed by atoms with Crippen molar-refractivity contribution in [2.24, 2.45) is 0 Å². The maximum Gasteiger partial charge on any atom is 0.219 e. The number of benzene rings is 1. The Morgan fingerprint density at radius 2 is 1.90 bits per heavy atom. The molecule has 2 aromatic rings. The Labute approximate surface area is 185 Å². The second-order valence-corrected chi connectivity index (χ2v) is 9.86. The molecule has 2 aliphatic heterocycles. The van der Waals surface area contributed by atoms with Crippen molar-refractivity contribution in [1.82, 2.24) is 14.8 Å². The molecule has 1 saturated heterocycles. The number of halogens is 2. The minimum atomic E-state index is -0.947. The van der Waals surface area contributed by atoms with Gasteiger partial charge in [0, 0.05) is 49.2 Å². The summed E-state index contributed by atoms with van der Waals surface area (Å²) in [6.45, 7) is 4.90. The summed E-state index contributed by atoms with van der Waals surface area (Å²) in [7, 11) is 0. The van der Waals surface area contributed by atoms with Gasteiger partial charge in [-0.05, 0) is 38.1 Å². The average molecular weight is 448 g/mol. The lowest BCUT2D eigenvalue weighted by atomic mass is 9.86. The van der Waals surface area contributed by atoms with E-state index in [-0.39, 0.29) is 23.3 Å². The summed E-state index contributed by atoms with van der Waals surface area (Å²) in [6, 6.07) is 3.58. The maximum absolute atomic E-state index is 14.9. The first kappa shape index (κ1) is 20.8. The molecule has 2 fully saturated rings. The first-order chi connectivity index (χ1) is 15.0. The van der Waals surface area contributed by atoms with Crippen LogP contribution in [0.4, 0.5) is 8.78 Å². The number of hydrogen-bond acceptors (Lipinski definition) is 5. The lowest BCUT2D eigenvalue weighted by molar-refractivity contribution is -0.129. The molecule has 0 atom stereocenters. The number of amides is 1. The predicted octanol–water partition coefficient (Wildman–Crippen LogP) is 4.39. The van der Waals surface area contributed by atoms with Gasteiger partial charge in [0.05, 0.1) is 12.2 Å². The van der Waals surface area contributed by atoms with Crippen molar-refractivity contribution in [1.29, 1.82) is 0 Å². The molecule has 1 aliphatic carbocycles. The normalized spacial score (nSPS) is 23.9. The van der Waals surface area contributed by atoms with Crippen molar-refractivity contribution in [3.8, 4) is 16.3 Å². The van der Waals surface area contributed by atoms with E-state index in [1.165, 1.54) is 43.6 Å². The van der Waals surface area contributed by atoms with Crippen LogP contribution in [0, 0.1) is 11.6 Å². The lowest BCUT2D eigenvalue weighted by Gasteiger charge is -2.44. The zero-order chi connectivity index (χ0) is 21.5. The summed E-state index contributed by atoms with van der Waals surface area (Å²) in [5.74, 6) is -1.87. The van der Waals surface area contributed by atoms with Crippen LogP contribution >= 0.6 is 11.3 Å². The fourth-order valence-corrected chi connectivity index (χ4v) is 5.91. The highest BCUT2D eigenvalue weighted by molar-refractivity contribution is 7.15. The third-order valence-electron chi connectivity index (χ3n) is 6.72. The van der Waals surface area contributed by atoms with E-state index >= 15 is 0 Å². The first-order valence-electron chi connectivity index (χ1n) is 11.1. The number of ether oxygens (including phenoxy) is 1. The van der Waals surface area contributed by atoms with E-state index in [1.54, 1.807) is 11.0 Å². The quantitative estimate of drug-likeness (QED) is 0.698. The van der Waals surface area contributed by atoms with E-state index in [0.29, 0.717) is 30.6 Å². The van der Waals surface area contributed by atoms with Gasteiger partial charge in [0.2, 0.25) is 11.7 Å². The number of piperidine rings is 1. The molecule has 3 aliphatic rings. The van der Waals surface area contributed by atoms with Crippen molar-refractivity contribution >= 4 is 17.2 Å². The fourth-order valence-electron chi connectivity index (χ4n) is 4.76. The number of thiazole rings is 1. The number of nitrogens with zero attached hydrogens (tertiary/aromatic N) is 3. The molecule has 166 valence electrons. The smallest absolute Gasteiger partial charge is 0.219 e. The molecular formula is C23H27F2N3O2S. The number of rotatable bonds is 4. The van der Waals surface area contributed by atoms with Crippen LogP contribution in [0.1, 0.15) is 49.6 Å². The number of fused-ring (bicyclic) bond motifs is 1. The van der Waals surface area contributed by atoms with Crippen LogP contribution in [-0.4, -0.2) is 52.5 Å². The highest BCUT2D eigenvalue weighted by Gasteiger charge is 2.36. The van der Waals surface area contributed by atoms with Gasteiger partial charge in [-0.2, -0.15) is 4.39 Å². The third kappa shape index (κ3) is 4.07. The van der Waals surface area contributed by atoms with Gasteiger partial charge in [-0.15, -0.1) is 11.3 Å². The fraction of sp³-hybridized carbons (Fsp3) is 0.565. The number of carbonyl (C=O) groups excluding carboxylic acids is 1. The molecular weight excluding hydrogens is 420 g/mol. The van der Waals surface area contributed by atoms with Crippen LogP contribution in [-0.2, 0) is 17.8 Å². The summed E-state index contributed by atoms with van der Waals surface area (Å²) < 4.78 is 35.5. The summed E-state index contributed by atoms with van der Waals surface area (Å²) in [6.07, 6.45) is 6.11. The topological polar surface area (TPSA) is 45.7 Å². The Hall–Kier alpha value is -2.06. The Bertz CT molecular complexity index is 983.